The first-order valence-electron chi connectivity index (χ1n) is 11.5. The average Bonchev–Trinajstić information content (AvgIpc) is 2.72. The molecule has 0 aliphatic heterocycles. The Bertz CT molecular complexity index is 1090. The monoisotopic (exact) mass is 483 g/mol. The van der Waals surface area contributed by atoms with Crippen LogP contribution in [0.5, 0.6) is 0 Å². The Balaban J connectivity index is 2.34. The number of hydrazine groups is 1. The van der Waals surface area contributed by atoms with Gasteiger partial charge in [0.1, 0.15) is 5.60 Å². The molecule has 2 amide bonds. The van der Waals surface area contributed by atoms with Crippen LogP contribution >= 0.6 is 0 Å². The van der Waals surface area contributed by atoms with Crippen molar-refractivity contribution in [1.29, 1.82) is 0 Å². The van der Waals surface area contributed by atoms with E-state index < -0.39 is 22.6 Å². The number of amides is 2. The van der Waals surface area contributed by atoms with Crippen LogP contribution in [0.3, 0.4) is 0 Å². The normalized spacial score (nSPS) is 12.2. The molecule has 0 aromatic heterocycles. The third-order valence-electron chi connectivity index (χ3n) is 5.89. The zero-order chi connectivity index (χ0) is 26.8. The van der Waals surface area contributed by atoms with E-state index in [4.69, 9.17) is 4.84 Å². The van der Waals surface area contributed by atoms with Crippen LogP contribution in [0.15, 0.2) is 36.4 Å². The number of aliphatic hydroxyl groups is 1. The van der Waals surface area contributed by atoms with Crippen molar-refractivity contribution in [2.24, 2.45) is 0 Å². The van der Waals surface area contributed by atoms with Crippen LogP contribution in [-0.2, 0) is 4.84 Å². The third kappa shape index (κ3) is 6.90. The lowest BCUT2D eigenvalue weighted by molar-refractivity contribution is -0.130. The fraction of sp³-hybridized carbons (Fsp3) is 0.444. The molecule has 0 bridgehead atoms. The Morgan fingerprint density at radius 3 is 1.97 bits per heavy atom. The molecule has 0 saturated heterocycles. The average molecular weight is 484 g/mol. The van der Waals surface area contributed by atoms with Gasteiger partial charge in [0.05, 0.1) is 16.8 Å². The molecular weight excluding hydrogens is 446 g/mol. The maximum atomic E-state index is 13.3. The van der Waals surface area contributed by atoms with Gasteiger partial charge >= 0.3 is 0 Å². The molecule has 35 heavy (non-hydrogen) atoms. The molecule has 0 radical (unpaired) electrons. The van der Waals surface area contributed by atoms with E-state index in [1.54, 1.807) is 39.8 Å². The van der Waals surface area contributed by atoms with Crippen LogP contribution in [-0.4, -0.2) is 45.0 Å². The second kappa shape index (κ2) is 10.2. The summed E-state index contributed by atoms with van der Waals surface area (Å²) in [5.41, 5.74) is 5.62. The van der Waals surface area contributed by atoms with Crippen molar-refractivity contribution >= 4 is 23.8 Å². The number of carbonyl (C=O) groups excluding carboxylic acids is 3. The number of rotatable bonds is 7. The fourth-order valence-corrected chi connectivity index (χ4v) is 3.11. The Hall–Kier alpha value is -3.23. The van der Waals surface area contributed by atoms with Gasteiger partial charge in [0.25, 0.3) is 11.8 Å². The summed E-state index contributed by atoms with van der Waals surface area (Å²) in [7, 11) is 0. The number of nitrogens with one attached hydrogen (secondary N) is 2. The summed E-state index contributed by atoms with van der Waals surface area (Å²) in [6.07, 6.45) is 0.634. The van der Waals surface area contributed by atoms with E-state index in [9.17, 15) is 19.5 Å². The lowest BCUT2D eigenvalue weighted by Gasteiger charge is -2.36. The van der Waals surface area contributed by atoms with Crippen LogP contribution in [0.25, 0.3) is 0 Å². The van der Waals surface area contributed by atoms with Gasteiger partial charge in [0.15, 0.2) is 6.29 Å². The molecule has 0 fully saturated rings. The zero-order valence-electron chi connectivity index (χ0n) is 22.1. The number of hydrogen-bond donors (Lipinski definition) is 3. The van der Waals surface area contributed by atoms with Crippen molar-refractivity contribution < 1.29 is 24.3 Å². The first kappa shape index (κ1) is 28.0. The fourth-order valence-electron chi connectivity index (χ4n) is 3.11. The lowest BCUT2D eigenvalue weighted by atomic mass is 9.90. The van der Waals surface area contributed by atoms with Crippen molar-refractivity contribution in [1.82, 2.24) is 10.4 Å². The first-order chi connectivity index (χ1) is 16.0. The van der Waals surface area contributed by atoms with E-state index in [0.717, 1.165) is 11.1 Å². The third-order valence-corrected chi connectivity index (χ3v) is 5.89. The van der Waals surface area contributed by atoms with E-state index in [0.29, 0.717) is 11.8 Å². The molecule has 2 aromatic carbocycles. The number of anilines is 1. The first-order valence-corrected chi connectivity index (χ1v) is 11.5. The van der Waals surface area contributed by atoms with E-state index in [2.05, 4.69) is 10.9 Å². The summed E-state index contributed by atoms with van der Waals surface area (Å²) in [5, 5.41) is 11.6. The number of aryl methyl sites for hydroxylation is 2. The smallest absolute Gasteiger partial charge is 0.272 e. The molecule has 3 N–H and O–H groups in total. The number of benzene rings is 2. The Morgan fingerprint density at radius 2 is 1.49 bits per heavy atom. The van der Waals surface area contributed by atoms with Gasteiger partial charge in [0.2, 0.25) is 0 Å². The molecule has 0 atom stereocenters. The van der Waals surface area contributed by atoms with E-state index in [1.165, 1.54) is 23.2 Å². The molecule has 2 rings (SSSR count). The largest absolute Gasteiger partial charge is 0.387 e. The van der Waals surface area contributed by atoms with E-state index in [-0.39, 0.29) is 22.7 Å². The van der Waals surface area contributed by atoms with Crippen molar-refractivity contribution in [3.8, 4) is 0 Å². The van der Waals surface area contributed by atoms with Gasteiger partial charge in [-0.15, -0.1) is 0 Å². The number of aldehydes is 1. The van der Waals surface area contributed by atoms with Gasteiger partial charge in [0, 0.05) is 16.7 Å². The summed E-state index contributed by atoms with van der Waals surface area (Å²) in [4.78, 5) is 43.7. The minimum atomic E-state index is -1.18. The molecule has 0 aliphatic rings. The maximum absolute atomic E-state index is 13.3. The van der Waals surface area contributed by atoms with Crippen molar-refractivity contribution in [3.05, 3.63) is 64.2 Å². The number of hydrogen-bond acceptors (Lipinski definition) is 6. The Labute approximate surface area is 207 Å². The minimum Gasteiger partial charge on any atom is -0.387 e. The van der Waals surface area contributed by atoms with Crippen LogP contribution in [0.1, 0.15) is 90.7 Å². The predicted octanol–water partition coefficient (Wildman–Crippen LogP) is 4.59. The Morgan fingerprint density at radius 1 is 0.914 bits per heavy atom. The Kier molecular flexibility index (Phi) is 8.14. The van der Waals surface area contributed by atoms with Gasteiger partial charge in [-0.1, -0.05) is 17.2 Å². The summed E-state index contributed by atoms with van der Waals surface area (Å²) < 4.78 is 0. The SMILES string of the molecule is Cc1cc(C)cc(C(=O)N(NC(=O)c2ccc(C=O)c(NOC(C)(C)C(C)(C)O)c2)C(C)(C)C)c1. The topological polar surface area (TPSA) is 108 Å². The van der Waals surface area contributed by atoms with Gasteiger partial charge in [-0.05, 0) is 92.6 Å². The second-order valence-corrected chi connectivity index (χ2v) is 10.8. The molecule has 8 heteroatoms. The maximum Gasteiger partial charge on any atom is 0.272 e. The molecule has 190 valence electrons. The molecule has 2 aromatic rings. The molecule has 0 heterocycles. The van der Waals surface area contributed by atoms with Crippen LogP contribution < -0.4 is 10.9 Å². The summed E-state index contributed by atoms with van der Waals surface area (Å²) in [6.45, 7) is 15.9. The zero-order valence-corrected chi connectivity index (χ0v) is 22.1. The van der Waals surface area contributed by atoms with Crippen LogP contribution in [0, 0.1) is 13.8 Å². The highest BCUT2D eigenvalue weighted by Gasteiger charge is 2.37. The molecule has 0 saturated carbocycles. The van der Waals surface area contributed by atoms with Crippen molar-refractivity contribution in [2.45, 2.75) is 79.1 Å². The highest BCUT2D eigenvalue weighted by atomic mass is 16.7. The van der Waals surface area contributed by atoms with Gasteiger partial charge < -0.3 is 5.11 Å². The highest BCUT2D eigenvalue weighted by Crippen LogP contribution is 2.27. The van der Waals surface area contributed by atoms with Crippen LogP contribution in [0.4, 0.5) is 5.69 Å². The van der Waals surface area contributed by atoms with Crippen molar-refractivity contribution in [3.63, 3.8) is 0 Å². The lowest BCUT2D eigenvalue weighted by Crippen LogP contribution is -2.55. The predicted molar refractivity (Wildman–Crippen MR) is 136 cm³/mol. The molecule has 0 unspecified atom stereocenters. The molecular formula is C27H37N3O5. The van der Waals surface area contributed by atoms with E-state index in [1.807, 2.05) is 40.7 Å². The van der Waals surface area contributed by atoms with E-state index >= 15 is 0 Å². The van der Waals surface area contributed by atoms with Gasteiger partial charge in [-0.2, -0.15) is 0 Å². The summed E-state index contributed by atoms with van der Waals surface area (Å²) in [5.74, 6) is -0.865. The number of nitrogens with zero attached hydrogens (tertiary/aromatic N) is 1. The highest BCUT2D eigenvalue weighted by molar-refractivity contribution is 6.00. The molecule has 0 spiro atoms. The van der Waals surface area contributed by atoms with Gasteiger partial charge in [-0.25, -0.2) is 5.01 Å². The minimum absolute atomic E-state index is 0.213. The quantitative estimate of drug-likeness (QED) is 0.393. The standard InChI is InChI=1S/C27H37N3O5/c1-17-12-18(2)14-21(13-17)24(33)30(25(3,4)5)28-23(32)19-10-11-20(16-31)22(15-19)29-35-27(8,9)26(6,7)34/h10-16,29,34H,1-9H3,(H,28,32). The summed E-state index contributed by atoms with van der Waals surface area (Å²) >= 11 is 0. The summed E-state index contributed by atoms with van der Waals surface area (Å²) in [6, 6.07) is 9.97. The molecule has 8 nitrogen and oxygen atoms in total. The molecule has 0 aliphatic carbocycles. The second-order valence-electron chi connectivity index (χ2n) is 10.8. The van der Waals surface area contributed by atoms with Crippen molar-refractivity contribution in [2.75, 3.05) is 5.48 Å². The van der Waals surface area contributed by atoms with Crippen LogP contribution in [0.2, 0.25) is 0 Å². The van der Waals surface area contributed by atoms with Gasteiger partial charge in [-0.3, -0.25) is 30.1 Å². The number of carbonyl (C=O) groups is 3.